The molecule has 0 atom stereocenters. The van der Waals surface area contributed by atoms with E-state index < -0.39 is 6.16 Å². The van der Waals surface area contributed by atoms with Crippen LogP contribution in [0.4, 0.5) is 4.79 Å². The van der Waals surface area contributed by atoms with Crippen LogP contribution >= 0.6 is 0 Å². The van der Waals surface area contributed by atoms with Crippen molar-refractivity contribution in [1.29, 1.82) is 0 Å². The Morgan fingerprint density at radius 2 is 1.33 bits per heavy atom. The summed E-state index contributed by atoms with van der Waals surface area (Å²) in [5, 5.41) is 13.9. The second-order valence-electron chi connectivity index (χ2n) is 0.283. The van der Waals surface area contributed by atoms with Gasteiger partial charge in [0.2, 0.25) is 0 Å². The van der Waals surface area contributed by atoms with Crippen molar-refractivity contribution in [2.75, 3.05) is 0 Å². The maximum Gasteiger partial charge on any atom is 2.00 e. The fourth-order valence-electron chi connectivity index (χ4n) is 0. The zero-order valence-corrected chi connectivity index (χ0v) is 17.7. The van der Waals surface area contributed by atoms with Gasteiger partial charge in [-0.1, -0.05) is 0 Å². The van der Waals surface area contributed by atoms with Crippen LogP contribution in [-0.2, 0) is 17.1 Å². The molecule has 0 heterocycles. The summed E-state index contributed by atoms with van der Waals surface area (Å²) in [6, 6.07) is 0. The van der Waals surface area contributed by atoms with Crippen LogP contribution in [0.3, 0.4) is 0 Å². The van der Waals surface area contributed by atoms with Crippen molar-refractivity contribution in [3.05, 3.63) is 0 Å². The number of carbonyl (C=O) groups is 1. The maximum absolute atomic E-state index is 8.56. The van der Waals surface area contributed by atoms with Crippen molar-refractivity contribution in [3.63, 3.8) is 0 Å². The van der Waals surface area contributed by atoms with E-state index >= 15 is 0 Å². The molecule has 0 aliphatic heterocycles. The fraction of sp³-hybridized carbons (Fsp3) is 0. The second kappa shape index (κ2) is 29.3. The van der Waals surface area contributed by atoms with E-state index in [9.17, 15) is 0 Å². The normalized spacial score (nSPS) is 2.67. The smallest absolute Gasteiger partial charge is 1.00 e. The summed E-state index contributed by atoms with van der Waals surface area (Å²) < 4.78 is 0. The minimum Gasteiger partial charge on any atom is -1.00 e. The van der Waals surface area contributed by atoms with Gasteiger partial charge in [-0.05, 0) is 0 Å². The first-order valence-corrected chi connectivity index (χ1v) is 0.651. The Kier molecular flexibility index (Phi) is 121. The first kappa shape index (κ1) is 37.1. The van der Waals surface area contributed by atoms with E-state index in [1.807, 2.05) is 0 Å². The van der Waals surface area contributed by atoms with Gasteiger partial charge in [0.1, 0.15) is 0 Å². The van der Waals surface area contributed by atoms with Crippen molar-refractivity contribution in [1.82, 2.24) is 0 Å². The van der Waals surface area contributed by atoms with E-state index in [0.717, 1.165) is 0 Å². The van der Waals surface area contributed by atoms with Gasteiger partial charge in [-0.3, -0.25) is 0 Å². The van der Waals surface area contributed by atoms with Crippen LogP contribution in [0.1, 0.15) is 11.4 Å². The van der Waals surface area contributed by atoms with Gasteiger partial charge in [-0.15, -0.1) is 0 Å². The van der Waals surface area contributed by atoms with Crippen LogP contribution in [0.15, 0.2) is 0 Å². The predicted octanol–water partition coefficient (Wildman–Crippen LogP) is -0.403. The molecule has 8 heteroatoms. The molecular formula is CH10BaCaMgMnO3Sr. The maximum atomic E-state index is 8.56. The van der Waals surface area contributed by atoms with E-state index in [4.69, 9.17) is 15.0 Å². The summed E-state index contributed by atoms with van der Waals surface area (Å²) in [7, 11) is 0. The molecule has 47 valence electrons. The predicted molar refractivity (Wildman–Crippen MR) is 42.6 cm³/mol. The standard InChI is InChI=1S/CH2O3.Ba.Ca.Mg.Mn.Sr.8H/c2-1(3)4;;;;;;;;;;;;;/h(H2,2,3,4);;;;;;;;;;;;;/q;3*+2;;+2;8*-1. The molecule has 0 aromatic heterocycles. The van der Waals surface area contributed by atoms with Gasteiger partial charge in [0, 0.05) is 17.1 Å². The van der Waals surface area contributed by atoms with E-state index in [1.165, 1.54) is 0 Å². The molecule has 0 aromatic rings. The van der Waals surface area contributed by atoms with Crippen LogP contribution in [0.5, 0.6) is 0 Å². The fourth-order valence-corrected chi connectivity index (χ4v) is 0. The Labute approximate surface area is 199 Å². The van der Waals surface area contributed by atoms with Gasteiger partial charge in [0.15, 0.2) is 0 Å². The van der Waals surface area contributed by atoms with Crippen molar-refractivity contribution >= 4 is 161 Å². The van der Waals surface area contributed by atoms with Crippen LogP contribution in [-0.4, -0.2) is 172 Å². The minimum absolute atomic E-state index is 0. The molecule has 2 N–H and O–H groups in total. The molecule has 0 spiro atoms. The molecule has 0 aromatic carbocycles. The molecule has 0 saturated carbocycles. The minimum atomic E-state index is -1.83. The molecule has 0 aliphatic rings. The Balaban J connectivity index is -0.000000000577. The van der Waals surface area contributed by atoms with Crippen molar-refractivity contribution < 1.29 is 43.5 Å². The van der Waals surface area contributed by atoms with Crippen molar-refractivity contribution in [3.8, 4) is 0 Å². The number of rotatable bonds is 0. The monoisotopic (exact) mass is 415 g/mol. The van der Waals surface area contributed by atoms with Crippen LogP contribution in [0.25, 0.3) is 0 Å². The van der Waals surface area contributed by atoms with Crippen molar-refractivity contribution in [2.24, 2.45) is 0 Å². The first-order valence-electron chi connectivity index (χ1n) is 0.651. The third-order valence-corrected chi connectivity index (χ3v) is 0. The van der Waals surface area contributed by atoms with Gasteiger partial charge < -0.3 is 21.6 Å². The second-order valence-corrected chi connectivity index (χ2v) is 0.283. The Morgan fingerprint density at radius 3 is 1.33 bits per heavy atom. The Morgan fingerprint density at radius 1 is 1.33 bits per heavy atom. The molecule has 0 unspecified atom stereocenters. The zero-order valence-electron chi connectivity index (χ0n) is 13.0. The molecular weight excluding hydrogens is 404 g/mol. The number of hydrogen-bond acceptors (Lipinski definition) is 1. The third kappa shape index (κ3) is 64.1. The molecule has 0 saturated heterocycles. The van der Waals surface area contributed by atoms with Gasteiger partial charge in [-0.2, -0.15) is 0 Å². The molecule has 0 bridgehead atoms. The SMILES string of the molecule is O=C(O)O.[Ba+2].[Ca+2].[H-].[H-].[H-].[H-].[H-].[H-].[H-].[H-].[Mg+2].[Mn].[Sr+2]. The Hall–Kier alpha value is 4.87. The zero-order chi connectivity index (χ0) is 3.58. The summed E-state index contributed by atoms with van der Waals surface area (Å²) in [5.41, 5.74) is 0. The van der Waals surface area contributed by atoms with Crippen LogP contribution < -0.4 is 0 Å². The summed E-state index contributed by atoms with van der Waals surface area (Å²) in [4.78, 5) is 8.56. The van der Waals surface area contributed by atoms with E-state index in [0.29, 0.717) is 0 Å². The molecule has 3 nitrogen and oxygen atoms in total. The largest absolute Gasteiger partial charge is 2.00 e. The average molecular weight is 414 g/mol. The van der Waals surface area contributed by atoms with Crippen LogP contribution in [0, 0.1) is 0 Å². The van der Waals surface area contributed by atoms with Crippen LogP contribution in [0.2, 0.25) is 0 Å². The molecule has 0 amide bonds. The van der Waals surface area contributed by atoms with Gasteiger partial charge in [-0.25, -0.2) is 4.79 Å². The van der Waals surface area contributed by atoms with E-state index in [-0.39, 0.29) is 184 Å². The van der Waals surface area contributed by atoms with Gasteiger partial charge in [0.25, 0.3) is 0 Å². The van der Waals surface area contributed by atoms with Gasteiger partial charge >= 0.3 is 161 Å². The number of carboxylic acid groups (broad SMARTS) is 2. The van der Waals surface area contributed by atoms with Crippen molar-refractivity contribution in [2.45, 2.75) is 0 Å². The third-order valence-electron chi connectivity index (χ3n) is 0. The number of hydrogen-bond donors (Lipinski definition) is 2. The molecule has 0 aliphatic carbocycles. The first-order chi connectivity index (χ1) is 1.73. The molecule has 1 radical (unpaired) electrons. The summed E-state index contributed by atoms with van der Waals surface area (Å²) in [6.07, 6.45) is -1.83. The van der Waals surface area contributed by atoms with E-state index in [1.54, 1.807) is 0 Å². The summed E-state index contributed by atoms with van der Waals surface area (Å²) in [5.74, 6) is 0. The molecule has 9 heavy (non-hydrogen) atoms. The molecule has 0 rings (SSSR count). The summed E-state index contributed by atoms with van der Waals surface area (Å²) in [6.45, 7) is 0. The van der Waals surface area contributed by atoms with E-state index in [2.05, 4.69) is 0 Å². The summed E-state index contributed by atoms with van der Waals surface area (Å²) >= 11 is 0. The average Bonchev–Trinajstić information content (AvgIpc) is 0.811. The molecule has 0 fully saturated rings. The van der Waals surface area contributed by atoms with Gasteiger partial charge in [0.05, 0.1) is 0 Å². The quantitative estimate of drug-likeness (QED) is 0.531. The Bertz CT molecular complexity index is 63.8. The topological polar surface area (TPSA) is 57.5 Å².